The van der Waals surface area contributed by atoms with Gasteiger partial charge in [0.2, 0.25) is 0 Å². The number of rotatable bonds is 14. The third kappa shape index (κ3) is 12.0. The summed E-state index contributed by atoms with van der Waals surface area (Å²) in [7, 11) is 0. The van der Waals surface area contributed by atoms with Crippen molar-refractivity contribution in [2.45, 2.75) is 90.9 Å². The van der Waals surface area contributed by atoms with Crippen LogP contribution in [0, 0.1) is 5.41 Å². The Morgan fingerprint density at radius 3 is 1.22 bits per heavy atom. The number of hydrogen-bond acceptors (Lipinski definition) is 4. The minimum atomic E-state index is -1.79. The van der Waals surface area contributed by atoms with Gasteiger partial charge in [0.05, 0.1) is 11.9 Å². The monoisotopic (exact) mass is 344 g/mol. The van der Waals surface area contributed by atoms with Crippen molar-refractivity contribution in [3.8, 4) is 0 Å². The van der Waals surface area contributed by atoms with E-state index in [1.165, 1.54) is 0 Å². The summed E-state index contributed by atoms with van der Waals surface area (Å²) in [5.74, 6) is -2.96. The zero-order valence-corrected chi connectivity index (χ0v) is 19.6. The summed E-state index contributed by atoms with van der Waals surface area (Å²) in [5, 5.41) is 22.7. The van der Waals surface area contributed by atoms with Crippen LogP contribution in [0.2, 0.25) is 0 Å². The van der Waals surface area contributed by atoms with Gasteiger partial charge >= 0.3 is 59.1 Å². The molecule has 0 bridgehead atoms. The molecule has 0 heterocycles. The fraction of sp³-hybridized carbons (Fsp3) is 0.882. The fourth-order valence-electron chi connectivity index (χ4n) is 2.68. The van der Waals surface area contributed by atoms with Crippen molar-refractivity contribution in [3.63, 3.8) is 0 Å². The van der Waals surface area contributed by atoms with Gasteiger partial charge in [0.1, 0.15) is 0 Å². The maximum Gasteiger partial charge on any atom is 1.00 e. The Bertz CT molecular complexity index is 279. The van der Waals surface area contributed by atoms with E-state index >= 15 is 0 Å². The summed E-state index contributed by atoms with van der Waals surface area (Å²) in [6.45, 7) is 4.20. The van der Waals surface area contributed by atoms with Crippen LogP contribution in [0.15, 0.2) is 0 Å². The SMILES string of the molecule is CCCCCCCC(CCCCCCC)(C(=O)[O-])C(=O)[O-].[Na+].[Na+]. The number of aliphatic carboxylic acids is 2. The first-order valence-electron chi connectivity index (χ1n) is 8.44. The molecular formula is C17H30Na2O4. The molecule has 0 aromatic carbocycles. The third-order valence-electron chi connectivity index (χ3n) is 4.20. The van der Waals surface area contributed by atoms with Crippen LogP contribution in [-0.2, 0) is 9.59 Å². The molecule has 0 atom stereocenters. The molecular weight excluding hydrogens is 314 g/mol. The normalized spacial score (nSPS) is 10.5. The summed E-state index contributed by atoms with van der Waals surface area (Å²) in [4.78, 5) is 22.7. The largest absolute Gasteiger partial charge is 1.00 e. The second kappa shape index (κ2) is 17.8. The van der Waals surface area contributed by atoms with Crippen molar-refractivity contribution >= 4 is 11.9 Å². The minimum absolute atomic E-state index is 0. The summed E-state index contributed by atoms with van der Waals surface area (Å²) in [6, 6.07) is 0. The first-order chi connectivity index (χ1) is 10.0. The molecule has 0 saturated carbocycles. The van der Waals surface area contributed by atoms with Crippen LogP contribution >= 0.6 is 0 Å². The number of unbranched alkanes of at least 4 members (excludes halogenated alkanes) is 8. The van der Waals surface area contributed by atoms with E-state index in [1.54, 1.807) is 0 Å². The first-order valence-corrected chi connectivity index (χ1v) is 8.44. The van der Waals surface area contributed by atoms with Crippen LogP contribution in [0.3, 0.4) is 0 Å². The Kier molecular flexibility index (Phi) is 22.2. The molecule has 0 unspecified atom stereocenters. The molecule has 0 radical (unpaired) electrons. The zero-order chi connectivity index (χ0) is 16.1. The molecule has 0 aliphatic carbocycles. The molecule has 0 aliphatic rings. The van der Waals surface area contributed by atoms with Gasteiger partial charge in [-0.2, -0.15) is 0 Å². The van der Waals surface area contributed by atoms with Crippen LogP contribution in [0.25, 0.3) is 0 Å². The molecule has 6 heteroatoms. The number of carbonyl (C=O) groups is 2. The predicted molar refractivity (Wildman–Crippen MR) is 79.2 cm³/mol. The van der Waals surface area contributed by atoms with Gasteiger partial charge in [-0.3, -0.25) is 0 Å². The topological polar surface area (TPSA) is 80.3 Å². The van der Waals surface area contributed by atoms with E-state index in [0.29, 0.717) is 12.8 Å². The molecule has 23 heavy (non-hydrogen) atoms. The van der Waals surface area contributed by atoms with E-state index in [1.807, 2.05) is 0 Å². The van der Waals surface area contributed by atoms with E-state index in [4.69, 9.17) is 0 Å². The molecule has 0 aromatic heterocycles. The maximum absolute atomic E-state index is 11.4. The number of carbonyl (C=O) groups excluding carboxylic acids is 2. The first kappa shape index (κ1) is 28.7. The number of carboxylic acid groups (broad SMARTS) is 2. The Hall–Kier alpha value is 0.940. The minimum Gasteiger partial charge on any atom is -0.549 e. The van der Waals surface area contributed by atoms with E-state index in [-0.39, 0.29) is 72.0 Å². The van der Waals surface area contributed by atoms with E-state index in [2.05, 4.69) is 13.8 Å². The van der Waals surface area contributed by atoms with Gasteiger partial charge in [0, 0.05) is 5.41 Å². The van der Waals surface area contributed by atoms with E-state index in [9.17, 15) is 19.8 Å². The number of carboxylic acids is 2. The molecule has 0 saturated heterocycles. The molecule has 0 N–H and O–H groups in total. The average Bonchev–Trinajstić information content (AvgIpc) is 2.44. The molecule has 0 rings (SSSR count). The quantitative estimate of drug-likeness (QED) is 0.184. The van der Waals surface area contributed by atoms with Gasteiger partial charge in [-0.1, -0.05) is 78.1 Å². The van der Waals surface area contributed by atoms with Gasteiger partial charge in [-0.25, -0.2) is 0 Å². The van der Waals surface area contributed by atoms with Crippen molar-refractivity contribution in [2.75, 3.05) is 0 Å². The van der Waals surface area contributed by atoms with E-state index in [0.717, 1.165) is 51.4 Å². The molecule has 0 fully saturated rings. The van der Waals surface area contributed by atoms with Crippen LogP contribution in [-0.4, -0.2) is 11.9 Å². The van der Waals surface area contributed by atoms with Crippen molar-refractivity contribution in [1.29, 1.82) is 0 Å². The summed E-state index contributed by atoms with van der Waals surface area (Å²) < 4.78 is 0. The van der Waals surface area contributed by atoms with Gasteiger partial charge in [-0.05, 0) is 12.8 Å². The van der Waals surface area contributed by atoms with Crippen LogP contribution in [0.1, 0.15) is 90.9 Å². The molecule has 124 valence electrons. The predicted octanol–water partition coefficient (Wildman–Crippen LogP) is -3.80. The molecule has 0 aliphatic heterocycles. The summed E-state index contributed by atoms with van der Waals surface area (Å²) >= 11 is 0. The molecule has 0 aromatic rings. The zero-order valence-electron chi connectivity index (χ0n) is 15.6. The van der Waals surface area contributed by atoms with E-state index < -0.39 is 17.4 Å². The Labute approximate surface area is 185 Å². The van der Waals surface area contributed by atoms with Gasteiger partial charge in [0.25, 0.3) is 0 Å². The van der Waals surface area contributed by atoms with Crippen molar-refractivity contribution < 1.29 is 78.9 Å². The Balaban J connectivity index is -0.00000200. The van der Waals surface area contributed by atoms with Gasteiger partial charge < -0.3 is 19.8 Å². The second-order valence-corrected chi connectivity index (χ2v) is 5.99. The van der Waals surface area contributed by atoms with Crippen LogP contribution in [0.4, 0.5) is 0 Å². The smallest absolute Gasteiger partial charge is 0.549 e. The fourth-order valence-corrected chi connectivity index (χ4v) is 2.68. The standard InChI is InChI=1S/C17H32O4.2Na/c1-3-5-7-9-11-13-17(15(18)19,16(20)21)14-12-10-8-6-4-2;;/h3-14H2,1-2H3,(H,18,19)(H,20,21);;/q;2*+1/p-2. The molecule has 0 amide bonds. The maximum atomic E-state index is 11.4. The van der Waals surface area contributed by atoms with Gasteiger partial charge in [-0.15, -0.1) is 0 Å². The van der Waals surface area contributed by atoms with Crippen molar-refractivity contribution in [1.82, 2.24) is 0 Å². The Morgan fingerprint density at radius 1 is 0.652 bits per heavy atom. The third-order valence-corrected chi connectivity index (χ3v) is 4.20. The van der Waals surface area contributed by atoms with Crippen LogP contribution in [0.5, 0.6) is 0 Å². The second-order valence-electron chi connectivity index (χ2n) is 5.99. The Morgan fingerprint density at radius 2 is 0.957 bits per heavy atom. The van der Waals surface area contributed by atoms with Crippen LogP contribution < -0.4 is 69.3 Å². The summed E-state index contributed by atoms with van der Waals surface area (Å²) in [5.41, 5.74) is -1.79. The molecule has 4 nitrogen and oxygen atoms in total. The summed E-state index contributed by atoms with van der Waals surface area (Å²) in [6.07, 6.45) is 9.65. The number of hydrogen-bond donors (Lipinski definition) is 0. The molecule has 0 spiro atoms. The average molecular weight is 344 g/mol. The van der Waals surface area contributed by atoms with Gasteiger partial charge in [0.15, 0.2) is 0 Å². The van der Waals surface area contributed by atoms with Crippen molar-refractivity contribution in [2.24, 2.45) is 5.41 Å². The van der Waals surface area contributed by atoms with Crippen molar-refractivity contribution in [3.05, 3.63) is 0 Å².